The van der Waals surface area contributed by atoms with Crippen LogP contribution in [0.3, 0.4) is 0 Å². The molecule has 1 aliphatic carbocycles. The van der Waals surface area contributed by atoms with E-state index in [0.717, 1.165) is 36.1 Å². The number of hydroxylamine groups is 1. The van der Waals surface area contributed by atoms with E-state index in [9.17, 15) is 9.59 Å². The first-order valence-corrected chi connectivity index (χ1v) is 8.41. The van der Waals surface area contributed by atoms with Crippen LogP contribution in [0.2, 0.25) is 0 Å². The van der Waals surface area contributed by atoms with E-state index >= 15 is 0 Å². The highest BCUT2D eigenvalue weighted by Gasteiger charge is 2.48. The van der Waals surface area contributed by atoms with Crippen molar-refractivity contribution >= 4 is 17.5 Å². The van der Waals surface area contributed by atoms with Crippen LogP contribution >= 0.6 is 0 Å². The molecule has 6 heteroatoms. The number of nitrogens with zero attached hydrogens (tertiary/aromatic N) is 2. The van der Waals surface area contributed by atoms with Crippen molar-refractivity contribution in [3.8, 4) is 0 Å². The molecule has 1 aliphatic heterocycles. The second-order valence-corrected chi connectivity index (χ2v) is 6.80. The molecular formula is C19H19N3O3. The summed E-state index contributed by atoms with van der Waals surface area (Å²) in [5, 5.41) is 8.78. The molecule has 0 radical (unpaired) electrons. The number of hydrogen-bond donors (Lipinski definition) is 2. The largest absolute Gasteiger partial charge is 0.310 e. The maximum atomic E-state index is 13.1. The minimum absolute atomic E-state index is 0.170. The van der Waals surface area contributed by atoms with E-state index in [1.807, 2.05) is 29.2 Å². The van der Waals surface area contributed by atoms with E-state index in [0.29, 0.717) is 18.5 Å². The Kier molecular flexibility index (Phi) is 3.77. The van der Waals surface area contributed by atoms with Gasteiger partial charge in [0.05, 0.1) is 17.3 Å². The van der Waals surface area contributed by atoms with Crippen molar-refractivity contribution in [3.63, 3.8) is 0 Å². The highest BCUT2D eigenvalue weighted by molar-refractivity contribution is 6.00. The third kappa shape index (κ3) is 2.59. The monoisotopic (exact) mass is 337 g/mol. The second-order valence-electron chi connectivity index (χ2n) is 6.80. The van der Waals surface area contributed by atoms with E-state index in [1.165, 1.54) is 0 Å². The number of fused-ring (bicyclic) bond motifs is 1. The minimum Gasteiger partial charge on any atom is -0.310 e. The molecule has 4 rings (SSSR count). The lowest BCUT2D eigenvalue weighted by molar-refractivity contribution is -0.126. The zero-order chi connectivity index (χ0) is 17.4. The van der Waals surface area contributed by atoms with Gasteiger partial charge in [-0.05, 0) is 61.1 Å². The Balaban J connectivity index is 1.60. The van der Waals surface area contributed by atoms with Gasteiger partial charge in [0.15, 0.2) is 0 Å². The molecule has 2 heterocycles. The Labute approximate surface area is 145 Å². The van der Waals surface area contributed by atoms with Crippen LogP contribution in [0.15, 0.2) is 42.7 Å². The molecule has 25 heavy (non-hydrogen) atoms. The normalized spacial score (nSPS) is 22.1. The molecule has 1 aromatic heterocycles. The lowest BCUT2D eigenvalue weighted by Crippen LogP contribution is -2.38. The number of hydrogen-bond acceptors (Lipinski definition) is 4. The highest BCUT2D eigenvalue weighted by atomic mass is 16.5. The number of carbonyl (C=O) groups is 2. The summed E-state index contributed by atoms with van der Waals surface area (Å²) in [6.07, 6.45) is 6.50. The number of pyridine rings is 1. The smallest absolute Gasteiger partial charge is 0.274 e. The lowest BCUT2D eigenvalue weighted by Gasteiger charge is -2.33. The molecule has 0 unspecified atom stereocenters. The summed E-state index contributed by atoms with van der Waals surface area (Å²) in [5.41, 5.74) is 4.79. The van der Waals surface area contributed by atoms with Gasteiger partial charge < -0.3 is 4.90 Å². The van der Waals surface area contributed by atoms with Gasteiger partial charge in [-0.25, -0.2) is 5.48 Å². The van der Waals surface area contributed by atoms with Gasteiger partial charge in [0.1, 0.15) is 0 Å². The zero-order valence-corrected chi connectivity index (χ0v) is 13.7. The van der Waals surface area contributed by atoms with Crippen LogP contribution in [-0.2, 0) is 17.6 Å². The standard InChI is InChI=1S/C19H19N3O3/c23-17(21-25)14-3-4-15-11-19(6-5-13(15)10-14)7-9-22(18(19)24)16-2-1-8-20-12-16/h1-4,8,10,12,25H,5-7,9,11H2,(H,21,23)/t19-/m0/s1. The maximum absolute atomic E-state index is 13.1. The predicted octanol–water partition coefficient (Wildman–Crippen LogP) is 2.11. The molecule has 1 fully saturated rings. The SMILES string of the molecule is O=C(NO)c1ccc2c(c1)CC[C@]1(CCN(c3cccnc3)C1=O)C2. The molecular weight excluding hydrogens is 318 g/mol. The Morgan fingerprint density at radius 2 is 2.12 bits per heavy atom. The number of benzene rings is 1. The van der Waals surface area contributed by atoms with E-state index < -0.39 is 5.91 Å². The molecule has 2 aliphatic rings. The summed E-state index contributed by atoms with van der Waals surface area (Å²) in [4.78, 5) is 30.6. The average Bonchev–Trinajstić information content (AvgIpc) is 2.97. The van der Waals surface area contributed by atoms with Crippen molar-refractivity contribution in [3.05, 3.63) is 59.4 Å². The second kappa shape index (κ2) is 5.97. The summed E-state index contributed by atoms with van der Waals surface area (Å²) >= 11 is 0. The van der Waals surface area contributed by atoms with Crippen LogP contribution in [0.25, 0.3) is 0 Å². The summed E-state index contributed by atoms with van der Waals surface area (Å²) in [5.74, 6) is -0.342. The van der Waals surface area contributed by atoms with Gasteiger partial charge in [0.2, 0.25) is 5.91 Å². The van der Waals surface area contributed by atoms with Crippen LogP contribution in [0.1, 0.15) is 34.3 Å². The molecule has 0 saturated carbocycles. The molecule has 2 amide bonds. The molecule has 1 saturated heterocycles. The van der Waals surface area contributed by atoms with Crippen molar-refractivity contribution < 1.29 is 14.8 Å². The van der Waals surface area contributed by atoms with Crippen molar-refractivity contribution in [2.75, 3.05) is 11.4 Å². The number of aromatic nitrogens is 1. The maximum Gasteiger partial charge on any atom is 0.274 e. The quantitative estimate of drug-likeness (QED) is 0.649. The Morgan fingerprint density at radius 1 is 1.24 bits per heavy atom. The Morgan fingerprint density at radius 3 is 2.88 bits per heavy atom. The topological polar surface area (TPSA) is 82.5 Å². The number of nitrogens with one attached hydrogen (secondary N) is 1. The fourth-order valence-corrected chi connectivity index (χ4v) is 4.04. The highest BCUT2D eigenvalue weighted by Crippen LogP contribution is 2.45. The fraction of sp³-hybridized carbons (Fsp3) is 0.316. The number of amides is 2. The van der Waals surface area contributed by atoms with Gasteiger partial charge in [-0.3, -0.25) is 19.8 Å². The summed E-state index contributed by atoms with van der Waals surface area (Å²) in [6, 6.07) is 9.17. The zero-order valence-electron chi connectivity index (χ0n) is 13.7. The van der Waals surface area contributed by atoms with Gasteiger partial charge >= 0.3 is 0 Å². The van der Waals surface area contributed by atoms with Crippen LogP contribution in [0.4, 0.5) is 5.69 Å². The molecule has 6 nitrogen and oxygen atoms in total. The van der Waals surface area contributed by atoms with Crippen molar-refractivity contribution in [2.45, 2.75) is 25.7 Å². The van der Waals surface area contributed by atoms with Crippen LogP contribution in [-0.4, -0.2) is 28.6 Å². The lowest BCUT2D eigenvalue weighted by atomic mass is 9.70. The third-order valence-electron chi connectivity index (χ3n) is 5.44. The molecule has 1 atom stereocenters. The van der Waals surface area contributed by atoms with Crippen LogP contribution < -0.4 is 10.4 Å². The third-order valence-corrected chi connectivity index (χ3v) is 5.44. The number of carbonyl (C=O) groups excluding carboxylic acids is 2. The van der Waals surface area contributed by atoms with Crippen LogP contribution in [0, 0.1) is 5.41 Å². The fourth-order valence-electron chi connectivity index (χ4n) is 4.04. The molecule has 1 spiro atoms. The predicted molar refractivity (Wildman–Crippen MR) is 91.4 cm³/mol. The average molecular weight is 337 g/mol. The van der Waals surface area contributed by atoms with Crippen LogP contribution in [0.5, 0.6) is 0 Å². The first kappa shape index (κ1) is 15.8. The number of anilines is 1. The Hall–Kier alpha value is -2.73. The minimum atomic E-state index is -0.511. The molecule has 2 aromatic rings. The van der Waals surface area contributed by atoms with Gasteiger partial charge in [-0.2, -0.15) is 0 Å². The number of aryl methyl sites for hydroxylation is 1. The summed E-state index contributed by atoms with van der Waals surface area (Å²) in [7, 11) is 0. The van der Waals surface area contributed by atoms with E-state index in [-0.39, 0.29) is 11.3 Å². The Bertz CT molecular complexity index is 837. The van der Waals surface area contributed by atoms with Gasteiger partial charge in [0, 0.05) is 18.3 Å². The molecule has 1 aromatic carbocycles. The summed E-state index contributed by atoms with van der Waals surface area (Å²) in [6.45, 7) is 0.713. The van der Waals surface area contributed by atoms with Gasteiger partial charge in [-0.1, -0.05) is 6.07 Å². The van der Waals surface area contributed by atoms with Gasteiger partial charge in [0.25, 0.3) is 5.91 Å². The van der Waals surface area contributed by atoms with E-state index in [4.69, 9.17) is 5.21 Å². The first-order valence-electron chi connectivity index (χ1n) is 8.41. The number of rotatable bonds is 2. The van der Waals surface area contributed by atoms with Gasteiger partial charge in [-0.15, -0.1) is 0 Å². The molecule has 2 N–H and O–H groups in total. The van der Waals surface area contributed by atoms with E-state index in [2.05, 4.69) is 4.98 Å². The molecule has 0 bridgehead atoms. The van der Waals surface area contributed by atoms with E-state index in [1.54, 1.807) is 23.9 Å². The van der Waals surface area contributed by atoms with Crippen molar-refractivity contribution in [1.29, 1.82) is 0 Å². The summed E-state index contributed by atoms with van der Waals surface area (Å²) < 4.78 is 0. The first-order chi connectivity index (χ1) is 12.1. The van der Waals surface area contributed by atoms with Crippen molar-refractivity contribution in [1.82, 2.24) is 10.5 Å². The van der Waals surface area contributed by atoms with Crippen molar-refractivity contribution in [2.24, 2.45) is 5.41 Å². The molecule has 128 valence electrons.